The van der Waals surface area contributed by atoms with Crippen molar-refractivity contribution < 1.29 is 22.6 Å². The fourth-order valence-electron chi connectivity index (χ4n) is 3.69. The predicted molar refractivity (Wildman–Crippen MR) is 107 cm³/mol. The quantitative estimate of drug-likeness (QED) is 0.488. The second-order valence-electron chi connectivity index (χ2n) is 7.21. The number of benzene rings is 1. The Morgan fingerprint density at radius 3 is 2.48 bits per heavy atom. The average molecular weight is 422 g/mol. The van der Waals surface area contributed by atoms with Crippen LogP contribution in [-0.2, 0) is 6.18 Å². The van der Waals surface area contributed by atoms with Gasteiger partial charge in [0.2, 0.25) is 0 Å². The molecule has 3 aromatic rings. The number of fused-ring (bicyclic) bond motifs is 1. The number of hydrogen-bond acceptors (Lipinski definition) is 5. The number of rotatable bonds is 4. The van der Waals surface area contributed by atoms with E-state index in [1.54, 1.807) is 13.2 Å². The molecule has 0 atom stereocenters. The van der Waals surface area contributed by atoms with Gasteiger partial charge in [-0.25, -0.2) is 9.97 Å². The average Bonchev–Trinajstić information content (AvgIpc) is 3.20. The van der Waals surface area contributed by atoms with Gasteiger partial charge in [-0.2, -0.15) is 13.2 Å². The van der Waals surface area contributed by atoms with Gasteiger partial charge in [0.15, 0.2) is 5.69 Å². The summed E-state index contributed by atoms with van der Waals surface area (Å²) in [7, 11) is 1.58. The third-order valence-electron chi connectivity index (χ3n) is 5.23. The zero-order valence-corrected chi connectivity index (χ0v) is 17.0. The summed E-state index contributed by atoms with van der Waals surface area (Å²) in [5, 5.41) is 2.06. The van der Waals surface area contributed by atoms with Gasteiger partial charge in [-0.1, -0.05) is 6.42 Å². The number of thiazole rings is 1. The topological polar surface area (TPSA) is 44.2 Å². The van der Waals surface area contributed by atoms with Crippen molar-refractivity contribution in [3.8, 4) is 22.2 Å². The molecule has 1 aromatic carbocycles. The van der Waals surface area contributed by atoms with E-state index in [0.717, 1.165) is 53.3 Å². The Balaban J connectivity index is 1.83. The van der Waals surface area contributed by atoms with Crippen LogP contribution in [0.3, 0.4) is 0 Å². The molecule has 2 aromatic heterocycles. The highest BCUT2D eigenvalue weighted by molar-refractivity contribution is 7.13. The van der Waals surface area contributed by atoms with Crippen molar-refractivity contribution >= 4 is 22.2 Å². The fourth-order valence-corrected chi connectivity index (χ4v) is 4.48. The molecule has 0 radical (unpaired) electrons. The van der Waals surface area contributed by atoms with Crippen LogP contribution >= 0.6 is 11.3 Å². The van der Waals surface area contributed by atoms with Gasteiger partial charge in [0.25, 0.3) is 0 Å². The first kappa shape index (κ1) is 19.9. The van der Waals surface area contributed by atoms with Gasteiger partial charge in [-0.3, -0.25) is 0 Å². The van der Waals surface area contributed by atoms with Crippen LogP contribution in [0.1, 0.15) is 43.4 Å². The van der Waals surface area contributed by atoms with Crippen LogP contribution in [0.25, 0.3) is 21.6 Å². The minimum absolute atomic E-state index is 0.103. The largest absolute Gasteiger partial charge is 0.496 e. The number of methoxy groups -OCH3 is 1. The first-order valence-electron chi connectivity index (χ1n) is 9.55. The summed E-state index contributed by atoms with van der Waals surface area (Å²) in [5.41, 5.74) is 0.932. The molecule has 4 rings (SSSR count). The molecule has 8 heteroatoms. The molecular weight excluding hydrogens is 401 g/mol. The molecule has 0 spiro atoms. The highest BCUT2D eigenvalue weighted by Crippen LogP contribution is 2.39. The number of pyridine rings is 1. The molecule has 1 fully saturated rings. The molecule has 1 saturated carbocycles. The van der Waals surface area contributed by atoms with Crippen LogP contribution in [0.15, 0.2) is 23.6 Å². The Labute approximate surface area is 170 Å². The molecule has 154 valence electrons. The second kappa shape index (κ2) is 7.82. The van der Waals surface area contributed by atoms with Gasteiger partial charge < -0.3 is 9.47 Å². The normalized spacial score (nSPS) is 15.6. The summed E-state index contributed by atoms with van der Waals surface area (Å²) in [6.45, 7) is 1.88. The Bertz CT molecular complexity index is 1030. The molecule has 0 unspecified atom stereocenters. The van der Waals surface area contributed by atoms with E-state index < -0.39 is 11.9 Å². The standard InChI is InChI=1S/C21H21F3N2O2S/c1-12-16(27-2)9-8-14-17(28-13-6-4-3-5-7-13)10-15(25-19(12)14)20-26-18(11-29-20)21(22,23)24/h8-11,13H,3-7H2,1-2H3. The van der Waals surface area contributed by atoms with Crippen LogP contribution < -0.4 is 9.47 Å². The predicted octanol–water partition coefficient (Wildman–Crippen LogP) is 6.41. The van der Waals surface area contributed by atoms with Crippen molar-refractivity contribution in [1.29, 1.82) is 0 Å². The lowest BCUT2D eigenvalue weighted by molar-refractivity contribution is -0.140. The van der Waals surface area contributed by atoms with E-state index >= 15 is 0 Å². The number of ether oxygens (including phenoxy) is 2. The van der Waals surface area contributed by atoms with E-state index in [9.17, 15) is 13.2 Å². The summed E-state index contributed by atoms with van der Waals surface area (Å²) in [4.78, 5) is 8.39. The molecule has 0 aliphatic heterocycles. The van der Waals surface area contributed by atoms with E-state index in [1.807, 2.05) is 19.1 Å². The molecule has 4 nitrogen and oxygen atoms in total. The number of hydrogen-bond donors (Lipinski definition) is 0. The fraction of sp³-hybridized carbons (Fsp3) is 0.429. The highest BCUT2D eigenvalue weighted by Gasteiger charge is 2.34. The first-order valence-corrected chi connectivity index (χ1v) is 10.4. The molecule has 0 saturated heterocycles. The van der Waals surface area contributed by atoms with Crippen LogP contribution in [-0.4, -0.2) is 23.2 Å². The number of nitrogens with zero attached hydrogens (tertiary/aromatic N) is 2. The van der Waals surface area contributed by atoms with Gasteiger partial charge in [-0.15, -0.1) is 11.3 Å². The van der Waals surface area contributed by atoms with E-state index in [-0.39, 0.29) is 11.1 Å². The third-order valence-corrected chi connectivity index (χ3v) is 6.09. The van der Waals surface area contributed by atoms with Gasteiger partial charge in [0, 0.05) is 22.4 Å². The van der Waals surface area contributed by atoms with Crippen LogP contribution in [0.2, 0.25) is 0 Å². The lowest BCUT2D eigenvalue weighted by Gasteiger charge is -2.24. The van der Waals surface area contributed by atoms with Crippen molar-refractivity contribution in [2.45, 2.75) is 51.3 Å². The Morgan fingerprint density at radius 2 is 1.83 bits per heavy atom. The molecule has 1 aliphatic rings. The first-order chi connectivity index (χ1) is 13.9. The van der Waals surface area contributed by atoms with Crippen LogP contribution in [0.5, 0.6) is 11.5 Å². The second-order valence-corrected chi connectivity index (χ2v) is 8.07. The number of aryl methyl sites for hydroxylation is 1. The maximum Gasteiger partial charge on any atom is 0.434 e. The molecule has 1 aliphatic carbocycles. The molecule has 0 bridgehead atoms. The lowest BCUT2D eigenvalue weighted by Crippen LogP contribution is -2.19. The molecular formula is C21H21F3N2O2S. The van der Waals surface area contributed by atoms with Gasteiger partial charge in [-0.05, 0) is 44.7 Å². The van der Waals surface area contributed by atoms with E-state index in [2.05, 4.69) is 9.97 Å². The zero-order valence-electron chi connectivity index (χ0n) is 16.2. The van der Waals surface area contributed by atoms with Crippen molar-refractivity contribution in [2.75, 3.05) is 7.11 Å². The summed E-state index contributed by atoms with van der Waals surface area (Å²) in [6.07, 6.45) is 1.02. The van der Waals surface area contributed by atoms with Crippen molar-refractivity contribution in [3.05, 3.63) is 34.8 Å². The lowest BCUT2D eigenvalue weighted by atomic mass is 9.97. The molecule has 0 amide bonds. The number of halogens is 3. The minimum Gasteiger partial charge on any atom is -0.496 e. The minimum atomic E-state index is -4.48. The summed E-state index contributed by atoms with van der Waals surface area (Å²) in [5.74, 6) is 1.30. The van der Waals surface area contributed by atoms with Crippen molar-refractivity contribution in [3.63, 3.8) is 0 Å². The summed E-state index contributed by atoms with van der Waals surface area (Å²) >= 11 is 0.928. The zero-order chi connectivity index (χ0) is 20.6. The van der Waals surface area contributed by atoms with Crippen LogP contribution in [0, 0.1) is 6.92 Å². The van der Waals surface area contributed by atoms with E-state index in [0.29, 0.717) is 22.7 Å². The van der Waals surface area contributed by atoms with E-state index in [1.165, 1.54) is 6.42 Å². The maximum atomic E-state index is 13.0. The molecule has 2 heterocycles. The molecule has 29 heavy (non-hydrogen) atoms. The number of alkyl halides is 3. The monoisotopic (exact) mass is 422 g/mol. The van der Waals surface area contributed by atoms with Gasteiger partial charge in [0.05, 0.1) is 18.7 Å². The number of aromatic nitrogens is 2. The SMILES string of the molecule is COc1ccc2c(OC3CCCCC3)cc(-c3nc(C(F)(F)F)cs3)nc2c1C. The van der Waals surface area contributed by atoms with Crippen LogP contribution in [0.4, 0.5) is 13.2 Å². The summed E-state index contributed by atoms with van der Waals surface area (Å²) < 4.78 is 50.7. The Kier molecular flexibility index (Phi) is 5.38. The Hall–Kier alpha value is -2.35. The highest BCUT2D eigenvalue weighted by atomic mass is 32.1. The van der Waals surface area contributed by atoms with Crippen molar-refractivity contribution in [2.24, 2.45) is 0 Å². The maximum absolute atomic E-state index is 13.0. The van der Waals surface area contributed by atoms with E-state index in [4.69, 9.17) is 9.47 Å². The summed E-state index contributed by atoms with van der Waals surface area (Å²) in [6, 6.07) is 5.46. The Morgan fingerprint density at radius 1 is 1.07 bits per heavy atom. The van der Waals surface area contributed by atoms with Crippen molar-refractivity contribution in [1.82, 2.24) is 9.97 Å². The van der Waals surface area contributed by atoms with Gasteiger partial charge >= 0.3 is 6.18 Å². The smallest absolute Gasteiger partial charge is 0.434 e. The van der Waals surface area contributed by atoms with Gasteiger partial charge in [0.1, 0.15) is 22.2 Å². The third kappa shape index (κ3) is 4.03. The molecule has 0 N–H and O–H groups in total.